The molecule has 5 heteroatoms. The molecule has 0 aromatic carbocycles. The van der Waals surface area contributed by atoms with Gasteiger partial charge in [-0.2, -0.15) is 0 Å². The Morgan fingerprint density at radius 2 is 1.94 bits per heavy atom. The van der Waals surface area contributed by atoms with E-state index in [2.05, 4.69) is 25.8 Å². The van der Waals surface area contributed by atoms with Crippen LogP contribution in [-0.4, -0.2) is 45.5 Å². The van der Waals surface area contributed by atoms with Crippen LogP contribution < -0.4 is 4.90 Å². The van der Waals surface area contributed by atoms with Crippen LogP contribution in [0.5, 0.6) is 0 Å². The van der Waals surface area contributed by atoms with Crippen molar-refractivity contribution in [3.8, 4) is 0 Å². The van der Waals surface area contributed by atoms with Crippen molar-refractivity contribution in [2.24, 2.45) is 0 Å². The highest BCUT2D eigenvalue weighted by Crippen LogP contribution is 2.14. The molecule has 0 saturated carbocycles. The van der Waals surface area contributed by atoms with Crippen molar-refractivity contribution >= 4 is 21.7 Å². The van der Waals surface area contributed by atoms with Gasteiger partial charge in [0.2, 0.25) is 0 Å². The van der Waals surface area contributed by atoms with Crippen molar-refractivity contribution in [3.63, 3.8) is 0 Å². The fourth-order valence-corrected chi connectivity index (χ4v) is 1.73. The fourth-order valence-electron chi connectivity index (χ4n) is 1.50. The van der Waals surface area contributed by atoms with E-state index in [9.17, 15) is 0 Å². The monoisotopic (exact) mass is 302 g/mol. The second-order valence-corrected chi connectivity index (χ2v) is 4.58. The molecular weight excluding hydrogens is 284 g/mol. The summed E-state index contributed by atoms with van der Waals surface area (Å²) in [6.45, 7) is 3.23. The van der Waals surface area contributed by atoms with Crippen LogP contribution in [0.1, 0.15) is 6.42 Å². The largest absolute Gasteiger partial charge is 0.385 e. The molecule has 1 rings (SSSR count). The molecule has 0 amide bonds. The lowest BCUT2D eigenvalue weighted by atomic mass is 10.3. The molecule has 0 bridgehead atoms. The standard InChI is InChI=1S/C12H19BrN2O2/c1-16-8-3-6-15(7-9-17-2)12-5-4-11(13)10-14-12/h4-5,10H,3,6-9H2,1-2H3. The molecule has 4 nitrogen and oxygen atoms in total. The van der Waals surface area contributed by atoms with Crippen molar-refractivity contribution in [1.82, 2.24) is 4.98 Å². The fraction of sp³-hybridized carbons (Fsp3) is 0.583. The molecule has 0 spiro atoms. The van der Waals surface area contributed by atoms with Crippen molar-refractivity contribution in [2.75, 3.05) is 45.4 Å². The van der Waals surface area contributed by atoms with Gasteiger partial charge in [0.15, 0.2) is 0 Å². The number of ether oxygens (including phenoxy) is 2. The van der Waals surface area contributed by atoms with Crippen molar-refractivity contribution in [3.05, 3.63) is 22.8 Å². The topological polar surface area (TPSA) is 34.6 Å². The summed E-state index contributed by atoms with van der Waals surface area (Å²) in [5.74, 6) is 0.973. The Hall–Kier alpha value is -0.650. The van der Waals surface area contributed by atoms with Gasteiger partial charge in [0.25, 0.3) is 0 Å². The molecule has 0 radical (unpaired) electrons. The van der Waals surface area contributed by atoms with Crippen LogP contribution >= 0.6 is 15.9 Å². The predicted octanol–water partition coefficient (Wildman–Crippen LogP) is 2.33. The number of nitrogens with zero attached hydrogens (tertiary/aromatic N) is 2. The first-order chi connectivity index (χ1) is 8.27. The van der Waals surface area contributed by atoms with Crippen LogP contribution in [0.2, 0.25) is 0 Å². The van der Waals surface area contributed by atoms with E-state index in [1.54, 1.807) is 14.2 Å². The maximum atomic E-state index is 5.11. The van der Waals surface area contributed by atoms with E-state index in [0.717, 1.165) is 36.4 Å². The van der Waals surface area contributed by atoms with E-state index in [0.29, 0.717) is 6.61 Å². The van der Waals surface area contributed by atoms with Gasteiger partial charge in [-0.25, -0.2) is 4.98 Å². The van der Waals surface area contributed by atoms with Crippen LogP contribution in [0.25, 0.3) is 0 Å². The molecule has 1 aromatic heterocycles. The van der Waals surface area contributed by atoms with E-state index < -0.39 is 0 Å². The number of aromatic nitrogens is 1. The SMILES string of the molecule is COCCCN(CCOC)c1ccc(Br)cn1. The van der Waals surface area contributed by atoms with E-state index in [1.807, 2.05) is 18.3 Å². The lowest BCUT2D eigenvalue weighted by Crippen LogP contribution is -2.29. The van der Waals surface area contributed by atoms with Gasteiger partial charge in [0, 0.05) is 44.6 Å². The summed E-state index contributed by atoms with van der Waals surface area (Å²) in [5.41, 5.74) is 0. The number of anilines is 1. The second kappa shape index (κ2) is 8.44. The molecule has 0 unspecified atom stereocenters. The average Bonchev–Trinajstić information content (AvgIpc) is 2.35. The number of halogens is 1. The maximum Gasteiger partial charge on any atom is 0.128 e. The third-order valence-corrected chi connectivity index (χ3v) is 2.85. The lowest BCUT2D eigenvalue weighted by Gasteiger charge is -2.23. The van der Waals surface area contributed by atoms with Gasteiger partial charge in [0.05, 0.1) is 6.61 Å². The van der Waals surface area contributed by atoms with Crippen molar-refractivity contribution in [2.45, 2.75) is 6.42 Å². The van der Waals surface area contributed by atoms with Gasteiger partial charge in [-0.3, -0.25) is 0 Å². The number of pyridine rings is 1. The summed E-state index contributed by atoms with van der Waals surface area (Å²) in [6.07, 6.45) is 2.80. The lowest BCUT2D eigenvalue weighted by molar-refractivity contribution is 0.191. The molecule has 0 fully saturated rings. The normalized spacial score (nSPS) is 10.5. The third-order valence-electron chi connectivity index (χ3n) is 2.38. The highest BCUT2D eigenvalue weighted by atomic mass is 79.9. The Balaban J connectivity index is 2.57. The first kappa shape index (κ1) is 14.4. The minimum Gasteiger partial charge on any atom is -0.385 e. The molecule has 0 saturated heterocycles. The van der Waals surface area contributed by atoms with Crippen LogP contribution in [-0.2, 0) is 9.47 Å². The molecule has 0 aliphatic heterocycles. The van der Waals surface area contributed by atoms with Gasteiger partial charge in [-0.1, -0.05) is 0 Å². The van der Waals surface area contributed by atoms with Gasteiger partial charge in [-0.05, 0) is 34.5 Å². The molecule has 1 aromatic rings. The molecule has 1 heterocycles. The predicted molar refractivity (Wildman–Crippen MR) is 72.5 cm³/mol. The minimum absolute atomic E-state index is 0.699. The van der Waals surface area contributed by atoms with Crippen molar-refractivity contribution in [1.29, 1.82) is 0 Å². The minimum atomic E-state index is 0.699. The maximum absolute atomic E-state index is 5.11. The smallest absolute Gasteiger partial charge is 0.128 e. The third kappa shape index (κ3) is 5.48. The molecule has 0 aliphatic rings. The summed E-state index contributed by atoms with van der Waals surface area (Å²) in [4.78, 5) is 6.60. The van der Waals surface area contributed by atoms with E-state index >= 15 is 0 Å². The zero-order chi connectivity index (χ0) is 12.5. The zero-order valence-corrected chi connectivity index (χ0v) is 11.9. The van der Waals surface area contributed by atoms with Crippen LogP contribution in [0.4, 0.5) is 5.82 Å². The Morgan fingerprint density at radius 1 is 1.18 bits per heavy atom. The number of hydrogen-bond acceptors (Lipinski definition) is 4. The number of methoxy groups -OCH3 is 2. The van der Waals surface area contributed by atoms with Gasteiger partial charge in [0.1, 0.15) is 5.82 Å². The number of hydrogen-bond donors (Lipinski definition) is 0. The summed E-state index contributed by atoms with van der Waals surface area (Å²) < 4.78 is 11.2. The first-order valence-corrected chi connectivity index (χ1v) is 6.41. The van der Waals surface area contributed by atoms with E-state index in [-0.39, 0.29) is 0 Å². The highest BCUT2D eigenvalue weighted by molar-refractivity contribution is 9.10. The molecule has 0 atom stereocenters. The highest BCUT2D eigenvalue weighted by Gasteiger charge is 2.07. The quantitative estimate of drug-likeness (QED) is 0.690. The molecule has 96 valence electrons. The Bertz CT molecular complexity index is 306. The summed E-state index contributed by atoms with van der Waals surface area (Å²) in [7, 11) is 3.43. The van der Waals surface area contributed by atoms with E-state index in [4.69, 9.17) is 9.47 Å². The Kier molecular flexibility index (Phi) is 7.16. The van der Waals surface area contributed by atoms with Crippen LogP contribution in [0.15, 0.2) is 22.8 Å². The first-order valence-electron chi connectivity index (χ1n) is 5.62. The molecule has 0 N–H and O–H groups in total. The van der Waals surface area contributed by atoms with Gasteiger partial charge >= 0.3 is 0 Å². The number of rotatable bonds is 8. The van der Waals surface area contributed by atoms with Gasteiger partial charge < -0.3 is 14.4 Å². The van der Waals surface area contributed by atoms with Crippen molar-refractivity contribution < 1.29 is 9.47 Å². The Labute approximate surface area is 111 Å². The van der Waals surface area contributed by atoms with Crippen LogP contribution in [0, 0.1) is 0 Å². The summed E-state index contributed by atoms with van der Waals surface area (Å²) >= 11 is 3.39. The molecule has 17 heavy (non-hydrogen) atoms. The molecular formula is C12H19BrN2O2. The Morgan fingerprint density at radius 3 is 2.53 bits per heavy atom. The average molecular weight is 303 g/mol. The summed E-state index contributed by atoms with van der Waals surface area (Å²) in [5, 5.41) is 0. The zero-order valence-electron chi connectivity index (χ0n) is 10.4. The molecule has 0 aliphatic carbocycles. The second-order valence-electron chi connectivity index (χ2n) is 3.66. The summed E-state index contributed by atoms with van der Waals surface area (Å²) in [6, 6.07) is 4.00. The van der Waals surface area contributed by atoms with Gasteiger partial charge in [-0.15, -0.1) is 0 Å². The van der Waals surface area contributed by atoms with Crippen LogP contribution in [0.3, 0.4) is 0 Å². The van der Waals surface area contributed by atoms with E-state index in [1.165, 1.54) is 0 Å².